The highest BCUT2D eigenvalue weighted by atomic mass is 35.5. The van der Waals surface area contributed by atoms with Gasteiger partial charge in [0.1, 0.15) is 5.75 Å². The zero-order chi connectivity index (χ0) is 15.2. The fourth-order valence-electron chi connectivity index (χ4n) is 2.35. The maximum absolute atomic E-state index is 12.2. The van der Waals surface area contributed by atoms with Gasteiger partial charge in [-0.05, 0) is 50.6 Å². The highest BCUT2D eigenvalue weighted by molar-refractivity contribution is 5.94. The van der Waals surface area contributed by atoms with Gasteiger partial charge in [-0.1, -0.05) is 0 Å². The second-order valence-electron chi connectivity index (χ2n) is 5.24. The van der Waals surface area contributed by atoms with Crippen LogP contribution < -0.4 is 21.1 Å². The van der Waals surface area contributed by atoms with Crippen molar-refractivity contribution in [3.8, 4) is 5.75 Å². The van der Waals surface area contributed by atoms with Gasteiger partial charge in [-0.3, -0.25) is 9.59 Å². The van der Waals surface area contributed by atoms with E-state index in [-0.39, 0.29) is 37.0 Å². The molecule has 1 saturated heterocycles. The number of halogens is 1. The molecule has 7 heteroatoms. The molecule has 1 fully saturated rings. The molecule has 0 aromatic heterocycles. The van der Waals surface area contributed by atoms with E-state index in [1.54, 1.807) is 24.3 Å². The third-order valence-corrected chi connectivity index (χ3v) is 3.58. The Labute approximate surface area is 136 Å². The summed E-state index contributed by atoms with van der Waals surface area (Å²) >= 11 is 0. The largest absolute Gasteiger partial charge is 0.484 e. The van der Waals surface area contributed by atoms with Gasteiger partial charge in [0.15, 0.2) is 6.61 Å². The molecule has 2 rings (SSSR count). The molecule has 0 aliphatic carbocycles. The van der Waals surface area contributed by atoms with Gasteiger partial charge < -0.3 is 21.1 Å². The van der Waals surface area contributed by atoms with Crippen molar-refractivity contribution >= 4 is 24.2 Å². The van der Waals surface area contributed by atoms with Crippen LogP contribution in [0, 0.1) is 0 Å². The first-order valence-electron chi connectivity index (χ1n) is 7.11. The molecule has 4 N–H and O–H groups in total. The number of ether oxygens (including phenoxy) is 1. The van der Waals surface area contributed by atoms with Crippen LogP contribution in [-0.2, 0) is 4.79 Å². The van der Waals surface area contributed by atoms with Crippen molar-refractivity contribution in [2.45, 2.75) is 31.8 Å². The number of hydrogen-bond acceptors (Lipinski definition) is 4. The summed E-state index contributed by atoms with van der Waals surface area (Å²) in [5, 5.41) is 6.39. The summed E-state index contributed by atoms with van der Waals surface area (Å²) in [4.78, 5) is 22.8. The van der Waals surface area contributed by atoms with Crippen LogP contribution in [0.1, 0.15) is 30.1 Å². The van der Waals surface area contributed by atoms with Crippen LogP contribution >= 0.6 is 12.4 Å². The summed E-state index contributed by atoms with van der Waals surface area (Å²) < 4.78 is 5.15. The van der Waals surface area contributed by atoms with E-state index in [0.717, 1.165) is 19.4 Å². The zero-order valence-electron chi connectivity index (χ0n) is 12.5. The van der Waals surface area contributed by atoms with Crippen molar-refractivity contribution in [1.29, 1.82) is 0 Å². The lowest BCUT2D eigenvalue weighted by atomic mass is 9.99. The fourth-order valence-corrected chi connectivity index (χ4v) is 2.35. The van der Waals surface area contributed by atoms with Crippen molar-refractivity contribution in [3.63, 3.8) is 0 Å². The minimum atomic E-state index is -0.532. The molecule has 6 nitrogen and oxygen atoms in total. The van der Waals surface area contributed by atoms with E-state index in [0.29, 0.717) is 11.3 Å². The fraction of sp³-hybridized carbons (Fsp3) is 0.467. The summed E-state index contributed by atoms with van der Waals surface area (Å²) in [6.45, 7) is 2.90. The Morgan fingerprint density at radius 3 is 2.64 bits per heavy atom. The second kappa shape index (κ2) is 8.60. The first-order chi connectivity index (χ1) is 10.1. The maximum Gasteiger partial charge on any atom is 0.255 e. The van der Waals surface area contributed by atoms with Gasteiger partial charge in [0.25, 0.3) is 11.8 Å². The van der Waals surface area contributed by atoms with E-state index < -0.39 is 5.91 Å². The first kappa shape index (κ1) is 18.3. The summed E-state index contributed by atoms with van der Waals surface area (Å²) in [5.41, 5.74) is 5.57. The second-order valence-corrected chi connectivity index (χ2v) is 5.24. The minimum Gasteiger partial charge on any atom is -0.484 e. The van der Waals surface area contributed by atoms with Crippen LogP contribution in [0.15, 0.2) is 24.3 Å². The number of amides is 2. The molecule has 0 bridgehead atoms. The molecule has 2 unspecified atom stereocenters. The molecule has 22 heavy (non-hydrogen) atoms. The lowest BCUT2D eigenvalue weighted by Crippen LogP contribution is -2.51. The number of benzene rings is 1. The van der Waals surface area contributed by atoms with Gasteiger partial charge in [-0.15, -0.1) is 12.4 Å². The van der Waals surface area contributed by atoms with Crippen LogP contribution in [0.25, 0.3) is 0 Å². The Balaban J connectivity index is 0.00000242. The summed E-state index contributed by atoms with van der Waals surface area (Å²) in [6.07, 6.45) is 2.05. The van der Waals surface area contributed by atoms with Crippen molar-refractivity contribution in [2.75, 3.05) is 13.2 Å². The van der Waals surface area contributed by atoms with E-state index >= 15 is 0 Å². The smallest absolute Gasteiger partial charge is 0.255 e. The molecule has 2 amide bonds. The van der Waals surface area contributed by atoms with Crippen LogP contribution in [0.3, 0.4) is 0 Å². The average Bonchev–Trinajstić information content (AvgIpc) is 2.48. The number of hydrogen-bond donors (Lipinski definition) is 3. The molecule has 2 atom stereocenters. The van der Waals surface area contributed by atoms with E-state index in [1.165, 1.54) is 0 Å². The molecule has 122 valence electrons. The quantitative estimate of drug-likeness (QED) is 0.747. The zero-order valence-corrected chi connectivity index (χ0v) is 13.3. The topological polar surface area (TPSA) is 93.4 Å². The molecule has 0 spiro atoms. The van der Waals surface area contributed by atoms with Gasteiger partial charge in [-0.2, -0.15) is 0 Å². The number of nitrogens with one attached hydrogen (secondary N) is 2. The van der Waals surface area contributed by atoms with Crippen molar-refractivity contribution in [2.24, 2.45) is 5.73 Å². The summed E-state index contributed by atoms with van der Waals surface area (Å²) in [5.74, 6) is -0.120. The van der Waals surface area contributed by atoms with Crippen LogP contribution in [0.5, 0.6) is 5.75 Å². The highest BCUT2D eigenvalue weighted by Crippen LogP contribution is 2.13. The van der Waals surface area contributed by atoms with Crippen molar-refractivity contribution in [3.05, 3.63) is 29.8 Å². The van der Waals surface area contributed by atoms with E-state index in [4.69, 9.17) is 10.5 Å². The number of carbonyl (C=O) groups is 2. The molecular formula is C15H22ClN3O3. The number of nitrogens with two attached hydrogens (primary N) is 1. The third kappa shape index (κ3) is 5.20. The van der Waals surface area contributed by atoms with Gasteiger partial charge >= 0.3 is 0 Å². The van der Waals surface area contributed by atoms with Crippen LogP contribution in [0.2, 0.25) is 0 Å². The SMILES string of the molecule is CC1NCCCC1NC(=O)c1ccc(OCC(N)=O)cc1.Cl. The van der Waals surface area contributed by atoms with Gasteiger partial charge in [-0.25, -0.2) is 0 Å². The van der Waals surface area contributed by atoms with Crippen LogP contribution in [-0.4, -0.2) is 37.0 Å². The Morgan fingerprint density at radius 2 is 2.05 bits per heavy atom. The summed E-state index contributed by atoms with van der Waals surface area (Å²) in [7, 11) is 0. The molecule has 0 radical (unpaired) electrons. The predicted octanol–water partition coefficient (Wildman–Crippen LogP) is 0.843. The van der Waals surface area contributed by atoms with Gasteiger partial charge in [0, 0.05) is 17.6 Å². The van der Waals surface area contributed by atoms with E-state index in [2.05, 4.69) is 17.6 Å². The molecule has 1 aromatic carbocycles. The Hall–Kier alpha value is -1.79. The Bertz CT molecular complexity index is 507. The lowest BCUT2D eigenvalue weighted by Gasteiger charge is -2.30. The summed E-state index contributed by atoms with van der Waals surface area (Å²) in [6, 6.07) is 7.08. The standard InChI is InChI=1S/C15H21N3O3.ClH/c1-10-13(3-2-8-17-10)18-15(20)11-4-6-12(7-5-11)21-9-14(16)19;/h4-7,10,13,17H,2-3,8-9H2,1H3,(H2,16,19)(H,18,20);1H. The lowest BCUT2D eigenvalue weighted by molar-refractivity contribution is -0.119. The molecule has 1 heterocycles. The average molecular weight is 328 g/mol. The van der Waals surface area contributed by atoms with E-state index in [1.807, 2.05) is 0 Å². The number of primary amides is 1. The normalized spacial score (nSPS) is 20.6. The van der Waals surface area contributed by atoms with Crippen molar-refractivity contribution in [1.82, 2.24) is 10.6 Å². The molecule has 0 saturated carbocycles. The Kier molecular flexibility index (Phi) is 7.14. The molecular weight excluding hydrogens is 306 g/mol. The van der Waals surface area contributed by atoms with E-state index in [9.17, 15) is 9.59 Å². The minimum absolute atomic E-state index is 0. The van der Waals surface area contributed by atoms with Crippen LogP contribution in [0.4, 0.5) is 0 Å². The molecule has 1 aliphatic rings. The highest BCUT2D eigenvalue weighted by Gasteiger charge is 2.22. The van der Waals surface area contributed by atoms with Gasteiger partial charge in [0.05, 0.1) is 0 Å². The monoisotopic (exact) mass is 327 g/mol. The number of piperidine rings is 1. The molecule has 1 aliphatic heterocycles. The first-order valence-corrected chi connectivity index (χ1v) is 7.11. The third-order valence-electron chi connectivity index (χ3n) is 3.58. The Morgan fingerprint density at radius 1 is 1.36 bits per heavy atom. The number of rotatable bonds is 5. The molecule has 1 aromatic rings. The van der Waals surface area contributed by atoms with Crippen molar-refractivity contribution < 1.29 is 14.3 Å². The maximum atomic E-state index is 12.2. The predicted molar refractivity (Wildman–Crippen MR) is 86.3 cm³/mol. The van der Waals surface area contributed by atoms with Gasteiger partial charge in [0.2, 0.25) is 0 Å². The number of carbonyl (C=O) groups excluding carboxylic acids is 2.